The van der Waals surface area contributed by atoms with Crippen LogP contribution in [0.1, 0.15) is 0 Å². The summed E-state index contributed by atoms with van der Waals surface area (Å²) in [5.74, 6) is 0. The molecule has 8 heteroatoms. The zero-order chi connectivity index (χ0) is 14.8. The summed E-state index contributed by atoms with van der Waals surface area (Å²) >= 11 is 0. The lowest BCUT2D eigenvalue weighted by molar-refractivity contribution is 0.577. The van der Waals surface area contributed by atoms with Crippen LogP contribution < -0.4 is 0 Å². The van der Waals surface area contributed by atoms with Crippen LogP contribution in [0.4, 0.5) is 0 Å². The lowest BCUT2D eigenvalue weighted by Gasteiger charge is -1.95. The van der Waals surface area contributed by atoms with Gasteiger partial charge in [0.05, 0.1) is 0 Å². The fourth-order valence-corrected chi connectivity index (χ4v) is 9.50. The molecular formula is C12H10O5PS2+. The van der Waals surface area contributed by atoms with Crippen LogP contribution >= 0.6 is 6.20 Å². The van der Waals surface area contributed by atoms with Gasteiger partial charge in [-0.2, -0.15) is 16.8 Å². The quantitative estimate of drug-likeness (QED) is 0.805. The molecule has 5 nitrogen and oxygen atoms in total. The van der Waals surface area contributed by atoms with E-state index in [0.29, 0.717) is 0 Å². The Morgan fingerprint density at radius 1 is 0.600 bits per heavy atom. The van der Waals surface area contributed by atoms with Gasteiger partial charge in [-0.3, -0.25) is 0 Å². The van der Waals surface area contributed by atoms with Crippen LogP contribution in [0, 0.1) is 0 Å². The minimum Gasteiger partial charge on any atom is -0.172 e. The number of rotatable bonds is 4. The standard InChI is InChI=1S/C12H10O5PS2/c13-18(19(14,15)11-7-3-1-4-8-11)20(16,17)12-9-5-2-6-10-12/h1-10H/q+1. The molecule has 0 atom stereocenters. The molecule has 0 N–H and O–H groups in total. The first-order valence-electron chi connectivity index (χ1n) is 5.44. The van der Waals surface area contributed by atoms with Crippen molar-refractivity contribution in [3.8, 4) is 0 Å². The van der Waals surface area contributed by atoms with Crippen molar-refractivity contribution in [2.45, 2.75) is 9.79 Å². The summed E-state index contributed by atoms with van der Waals surface area (Å²) in [5, 5.41) is 0. The Hall–Kier alpha value is -1.56. The zero-order valence-electron chi connectivity index (χ0n) is 10.1. The highest BCUT2D eigenvalue weighted by atomic mass is 33.1. The van der Waals surface area contributed by atoms with Crippen LogP contribution in [0.15, 0.2) is 70.5 Å². The summed E-state index contributed by atoms with van der Waals surface area (Å²) in [5.41, 5.74) is 0. The Balaban J connectivity index is 2.53. The van der Waals surface area contributed by atoms with Crippen molar-refractivity contribution in [2.24, 2.45) is 0 Å². The van der Waals surface area contributed by atoms with E-state index in [1.807, 2.05) is 0 Å². The maximum Gasteiger partial charge on any atom is 0.602 e. The largest absolute Gasteiger partial charge is 0.602 e. The maximum atomic E-state index is 12.1. The van der Waals surface area contributed by atoms with Crippen molar-refractivity contribution >= 4 is 25.1 Å². The van der Waals surface area contributed by atoms with Crippen molar-refractivity contribution in [1.29, 1.82) is 0 Å². The summed E-state index contributed by atoms with van der Waals surface area (Å²) < 4.78 is 60.4. The van der Waals surface area contributed by atoms with E-state index in [9.17, 15) is 21.4 Å². The van der Waals surface area contributed by atoms with Crippen molar-refractivity contribution < 1.29 is 21.4 Å². The van der Waals surface area contributed by atoms with Gasteiger partial charge in [0.1, 0.15) is 9.79 Å². The zero-order valence-corrected chi connectivity index (χ0v) is 12.6. The van der Waals surface area contributed by atoms with E-state index in [0.717, 1.165) is 0 Å². The van der Waals surface area contributed by atoms with Crippen molar-refractivity contribution in [3.05, 3.63) is 60.7 Å². The molecule has 2 rings (SSSR count). The highest BCUT2D eigenvalue weighted by molar-refractivity contribution is 8.78. The smallest absolute Gasteiger partial charge is 0.172 e. The lowest BCUT2D eigenvalue weighted by atomic mass is 10.4. The molecule has 0 spiro atoms. The normalized spacial score (nSPS) is 12.0. The van der Waals surface area contributed by atoms with Gasteiger partial charge in [0.2, 0.25) is 0 Å². The average Bonchev–Trinajstić information content (AvgIpc) is 2.48. The molecule has 0 aliphatic rings. The minimum absolute atomic E-state index is 0.277. The molecule has 2 aromatic carbocycles. The molecule has 0 aromatic heterocycles. The monoisotopic (exact) mass is 329 g/mol. The number of benzene rings is 2. The summed E-state index contributed by atoms with van der Waals surface area (Å²) in [7, 11) is -8.85. The van der Waals surface area contributed by atoms with E-state index in [-0.39, 0.29) is 9.79 Å². The summed E-state index contributed by atoms with van der Waals surface area (Å²) in [4.78, 5) is -0.554. The molecule has 20 heavy (non-hydrogen) atoms. The van der Waals surface area contributed by atoms with Crippen LogP contribution in [-0.4, -0.2) is 16.8 Å². The van der Waals surface area contributed by atoms with Gasteiger partial charge in [-0.15, -0.1) is 0 Å². The van der Waals surface area contributed by atoms with Crippen LogP contribution in [0.25, 0.3) is 0 Å². The Labute approximate surface area is 117 Å². The van der Waals surface area contributed by atoms with E-state index < -0.39 is 25.1 Å². The topological polar surface area (TPSA) is 85.3 Å². The third-order valence-electron chi connectivity index (χ3n) is 2.47. The molecule has 2 aromatic rings. The van der Waals surface area contributed by atoms with E-state index >= 15 is 0 Å². The molecule has 0 unspecified atom stereocenters. The van der Waals surface area contributed by atoms with Gasteiger partial charge in [0.25, 0.3) is 0 Å². The van der Waals surface area contributed by atoms with Crippen molar-refractivity contribution in [2.75, 3.05) is 0 Å². The SMILES string of the molecule is O=[P+](S(=O)(=O)c1ccccc1)S(=O)(=O)c1ccccc1. The Morgan fingerprint density at radius 3 is 1.20 bits per heavy atom. The van der Waals surface area contributed by atoms with Gasteiger partial charge in [0.15, 0.2) is 0 Å². The average molecular weight is 329 g/mol. The maximum absolute atomic E-state index is 12.1. The minimum atomic E-state index is -4.42. The predicted octanol–water partition coefficient (Wildman–Crippen LogP) is 2.59. The van der Waals surface area contributed by atoms with E-state index in [1.54, 1.807) is 12.1 Å². The molecule has 0 aliphatic carbocycles. The first-order valence-corrected chi connectivity index (χ1v) is 10.9. The van der Waals surface area contributed by atoms with E-state index in [4.69, 9.17) is 0 Å². The van der Waals surface area contributed by atoms with Gasteiger partial charge in [-0.05, 0) is 28.8 Å². The second-order valence-corrected chi connectivity index (χ2v) is 12.7. The lowest BCUT2D eigenvalue weighted by Crippen LogP contribution is -2.03. The molecular weight excluding hydrogens is 319 g/mol. The van der Waals surface area contributed by atoms with Crippen LogP contribution in [0.5, 0.6) is 0 Å². The molecule has 0 radical (unpaired) electrons. The molecule has 0 aliphatic heterocycles. The van der Waals surface area contributed by atoms with Crippen LogP contribution in [0.3, 0.4) is 0 Å². The molecule has 0 heterocycles. The highest BCUT2D eigenvalue weighted by Crippen LogP contribution is 2.45. The van der Waals surface area contributed by atoms with Gasteiger partial charge in [-0.25, -0.2) is 0 Å². The second kappa shape index (κ2) is 5.44. The first-order chi connectivity index (χ1) is 9.37. The Kier molecular flexibility index (Phi) is 4.04. The molecule has 104 valence electrons. The number of hydrogen-bond acceptors (Lipinski definition) is 5. The molecule has 0 bridgehead atoms. The summed E-state index contributed by atoms with van der Waals surface area (Å²) in [6, 6.07) is 13.8. The fraction of sp³-hybridized carbons (Fsp3) is 0. The van der Waals surface area contributed by atoms with Crippen LogP contribution in [-0.2, 0) is 23.5 Å². The summed E-state index contributed by atoms with van der Waals surface area (Å²) in [6.45, 7) is 0. The number of hydrogen-bond donors (Lipinski definition) is 0. The van der Waals surface area contributed by atoms with Crippen molar-refractivity contribution in [1.82, 2.24) is 0 Å². The molecule has 0 saturated carbocycles. The van der Waals surface area contributed by atoms with E-state index in [2.05, 4.69) is 0 Å². The van der Waals surface area contributed by atoms with Gasteiger partial charge in [0, 0.05) is 0 Å². The fourth-order valence-electron chi connectivity index (χ4n) is 1.49. The Bertz CT molecular complexity index is 756. The van der Waals surface area contributed by atoms with Gasteiger partial charge in [-0.1, -0.05) is 36.4 Å². The van der Waals surface area contributed by atoms with Crippen LogP contribution in [0.2, 0.25) is 0 Å². The molecule has 0 amide bonds. The Morgan fingerprint density at radius 2 is 0.900 bits per heavy atom. The van der Waals surface area contributed by atoms with Crippen molar-refractivity contribution in [3.63, 3.8) is 0 Å². The third kappa shape index (κ3) is 2.65. The van der Waals surface area contributed by atoms with E-state index in [1.165, 1.54) is 48.5 Å². The highest BCUT2D eigenvalue weighted by Gasteiger charge is 2.51. The molecule has 0 fully saturated rings. The van der Waals surface area contributed by atoms with Gasteiger partial charge < -0.3 is 0 Å². The predicted molar refractivity (Wildman–Crippen MR) is 74.9 cm³/mol. The first kappa shape index (κ1) is 14.8. The second-order valence-electron chi connectivity index (χ2n) is 3.80. The summed E-state index contributed by atoms with van der Waals surface area (Å²) in [6.07, 6.45) is -3.53. The third-order valence-corrected chi connectivity index (χ3v) is 12.1. The molecule has 0 saturated heterocycles. The van der Waals surface area contributed by atoms with Gasteiger partial charge >= 0.3 is 25.1 Å².